The Kier molecular flexibility index (Phi) is 9.29. The van der Waals surface area contributed by atoms with Crippen LogP contribution in [0.5, 0.6) is 11.5 Å². The fourth-order valence-corrected chi connectivity index (χ4v) is 5.12. The average molecular weight is 697 g/mol. The van der Waals surface area contributed by atoms with E-state index in [1.807, 2.05) is 0 Å². The van der Waals surface area contributed by atoms with Crippen LogP contribution in [0.1, 0.15) is 16.7 Å². The van der Waals surface area contributed by atoms with E-state index in [9.17, 15) is 24.5 Å². The van der Waals surface area contributed by atoms with Crippen molar-refractivity contribution in [1.82, 2.24) is 5.32 Å². The van der Waals surface area contributed by atoms with Crippen molar-refractivity contribution in [3.05, 3.63) is 132 Å². The number of non-ortho nitro benzene ring substituents is 1. The Bertz CT molecular complexity index is 1810. The number of ether oxygens (including phenoxy) is 2. The molecule has 0 saturated carbocycles. The van der Waals surface area contributed by atoms with Crippen LogP contribution < -0.4 is 19.7 Å². The zero-order chi connectivity index (χ0) is 31.4. The number of hydrogen-bond acceptors (Lipinski definition) is 7. The molecule has 0 atom stereocenters. The Labute approximate surface area is 269 Å². The zero-order valence-electron chi connectivity index (χ0n) is 22.5. The first-order valence-electron chi connectivity index (χ1n) is 12.8. The third-order valence-corrected chi connectivity index (χ3v) is 7.62. The molecule has 44 heavy (non-hydrogen) atoms. The predicted octanol–water partition coefficient (Wildman–Crippen LogP) is 7.49. The molecule has 0 radical (unpaired) electrons. The number of nitro groups is 1. The minimum atomic E-state index is -0.880. The minimum Gasteiger partial charge on any atom is -0.489 e. The minimum absolute atomic E-state index is 0.0177. The molecule has 0 unspecified atom stereocenters. The van der Waals surface area contributed by atoms with Crippen LogP contribution in [0.3, 0.4) is 0 Å². The van der Waals surface area contributed by atoms with Gasteiger partial charge in [0.25, 0.3) is 17.5 Å². The van der Waals surface area contributed by atoms with Crippen molar-refractivity contribution in [2.45, 2.75) is 13.2 Å². The number of rotatable bonds is 9. The second-order valence-electron chi connectivity index (χ2n) is 9.38. The number of urea groups is 1. The Morgan fingerprint density at radius 3 is 2.27 bits per heavy atom. The highest BCUT2D eigenvalue weighted by atomic mass is 79.9. The second kappa shape index (κ2) is 13.3. The molecule has 0 aliphatic carbocycles. The lowest BCUT2D eigenvalue weighted by molar-refractivity contribution is -0.384. The molecule has 1 N–H and O–H groups in total. The van der Waals surface area contributed by atoms with Gasteiger partial charge < -0.3 is 9.47 Å². The monoisotopic (exact) mass is 695 g/mol. The molecule has 0 spiro atoms. The fraction of sp³-hybridized carbons (Fsp3) is 0.0645. The van der Waals surface area contributed by atoms with Crippen molar-refractivity contribution >= 4 is 74.4 Å². The lowest BCUT2D eigenvalue weighted by Gasteiger charge is -2.26. The van der Waals surface area contributed by atoms with E-state index in [1.165, 1.54) is 30.3 Å². The third kappa shape index (κ3) is 7.08. The molecular weight excluding hydrogens is 677 g/mol. The van der Waals surface area contributed by atoms with Gasteiger partial charge in [-0.05, 0) is 93.8 Å². The summed E-state index contributed by atoms with van der Waals surface area (Å²) < 4.78 is 12.1. The van der Waals surface area contributed by atoms with Crippen LogP contribution in [0.15, 0.2) is 95.0 Å². The van der Waals surface area contributed by atoms with E-state index in [0.29, 0.717) is 31.6 Å². The summed E-state index contributed by atoms with van der Waals surface area (Å²) in [6.45, 7) is 0.337. The van der Waals surface area contributed by atoms with Gasteiger partial charge in [0.1, 0.15) is 30.3 Å². The smallest absolute Gasteiger partial charge is 0.335 e. The number of nitro benzene ring substituents is 1. The fourth-order valence-electron chi connectivity index (χ4n) is 4.15. The van der Waals surface area contributed by atoms with Crippen molar-refractivity contribution in [3.63, 3.8) is 0 Å². The number of halogens is 3. The van der Waals surface area contributed by atoms with Gasteiger partial charge in [-0.2, -0.15) is 0 Å². The molecule has 1 aliphatic heterocycles. The highest BCUT2D eigenvalue weighted by molar-refractivity contribution is 9.10. The predicted molar refractivity (Wildman–Crippen MR) is 168 cm³/mol. The molecule has 1 heterocycles. The maximum Gasteiger partial charge on any atom is 0.335 e. The van der Waals surface area contributed by atoms with Gasteiger partial charge >= 0.3 is 6.03 Å². The largest absolute Gasteiger partial charge is 0.489 e. The van der Waals surface area contributed by atoms with E-state index in [-0.39, 0.29) is 30.2 Å². The quantitative estimate of drug-likeness (QED) is 0.0831. The number of nitrogens with one attached hydrogen (secondary N) is 1. The Morgan fingerprint density at radius 1 is 0.886 bits per heavy atom. The van der Waals surface area contributed by atoms with Crippen LogP contribution in [0.25, 0.3) is 6.08 Å². The van der Waals surface area contributed by atoms with Gasteiger partial charge in [-0.15, -0.1) is 0 Å². The van der Waals surface area contributed by atoms with E-state index >= 15 is 0 Å². The standard InChI is InChI=1S/C31H20BrCl2N3O7/c32-26-14-19(3-12-28(26)44-16-18-1-6-23(7-2-18)37(41)42)13-25-29(38)35-31(40)36(30(25)39)22-8-10-24(11-9-22)43-17-20-4-5-21(33)15-27(20)34/h1-15H,16-17H2,(H,35,38,40)/b25-13+. The van der Waals surface area contributed by atoms with Crippen molar-refractivity contribution in [3.8, 4) is 11.5 Å². The lowest BCUT2D eigenvalue weighted by Crippen LogP contribution is -2.54. The van der Waals surface area contributed by atoms with E-state index in [2.05, 4.69) is 21.2 Å². The molecule has 4 aromatic carbocycles. The Hall–Kier alpha value is -4.71. The van der Waals surface area contributed by atoms with Crippen molar-refractivity contribution in [1.29, 1.82) is 0 Å². The zero-order valence-corrected chi connectivity index (χ0v) is 25.6. The first-order valence-corrected chi connectivity index (χ1v) is 14.4. The van der Waals surface area contributed by atoms with E-state index in [4.69, 9.17) is 32.7 Å². The highest BCUT2D eigenvalue weighted by Gasteiger charge is 2.36. The van der Waals surface area contributed by atoms with Crippen LogP contribution in [-0.4, -0.2) is 22.8 Å². The number of carbonyl (C=O) groups is 3. The Morgan fingerprint density at radius 2 is 1.61 bits per heavy atom. The average Bonchev–Trinajstić information content (AvgIpc) is 2.99. The highest BCUT2D eigenvalue weighted by Crippen LogP contribution is 2.30. The number of imide groups is 2. The van der Waals surface area contributed by atoms with Crippen LogP contribution in [-0.2, 0) is 22.8 Å². The summed E-state index contributed by atoms with van der Waals surface area (Å²) in [7, 11) is 0. The molecule has 1 saturated heterocycles. The SMILES string of the molecule is O=C1NC(=O)N(c2ccc(OCc3ccc(Cl)cc3Cl)cc2)C(=O)/C1=C/c1ccc(OCc2ccc([N+](=O)[O-])cc2)c(Br)c1. The topological polar surface area (TPSA) is 128 Å². The molecule has 13 heteroatoms. The first kappa shape index (κ1) is 30.7. The van der Waals surface area contributed by atoms with Crippen LogP contribution in [0, 0.1) is 10.1 Å². The molecule has 222 valence electrons. The van der Waals surface area contributed by atoms with Crippen LogP contribution in [0.2, 0.25) is 10.0 Å². The molecule has 1 aliphatic rings. The summed E-state index contributed by atoms with van der Waals surface area (Å²) in [5, 5.41) is 14.0. The Balaban J connectivity index is 1.27. The van der Waals surface area contributed by atoms with Gasteiger partial charge in [0, 0.05) is 27.7 Å². The molecule has 0 bridgehead atoms. The molecule has 1 fully saturated rings. The second-order valence-corrected chi connectivity index (χ2v) is 11.1. The molecule has 5 rings (SSSR count). The van der Waals surface area contributed by atoms with Crippen molar-refractivity contribution < 1.29 is 28.8 Å². The number of hydrogen-bond donors (Lipinski definition) is 1. The maximum atomic E-state index is 13.3. The van der Waals surface area contributed by atoms with Gasteiger partial charge in [-0.3, -0.25) is 25.0 Å². The van der Waals surface area contributed by atoms with E-state index in [1.54, 1.807) is 60.7 Å². The number of amides is 4. The molecule has 0 aromatic heterocycles. The summed E-state index contributed by atoms with van der Waals surface area (Å²) in [5.74, 6) is -0.680. The maximum absolute atomic E-state index is 13.3. The molecule has 10 nitrogen and oxygen atoms in total. The summed E-state index contributed by atoms with van der Waals surface area (Å²) in [6.07, 6.45) is 1.37. The van der Waals surface area contributed by atoms with Gasteiger partial charge in [-0.25, -0.2) is 9.69 Å². The number of barbiturate groups is 1. The van der Waals surface area contributed by atoms with Gasteiger partial charge in [0.2, 0.25) is 0 Å². The normalized spacial score (nSPS) is 14.0. The van der Waals surface area contributed by atoms with Crippen LogP contribution in [0.4, 0.5) is 16.2 Å². The number of anilines is 1. The first-order chi connectivity index (χ1) is 21.1. The summed E-state index contributed by atoms with van der Waals surface area (Å²) in [4.78, 5) is 49.8. The number of carbonyl (C=O) groups excluding carboxylic acids is 3. The molecule has 4 amide bonds. The van der Waals surface area contributed by atoms with Crippen molar-refractivity contribution in [2.75, 3.05) is 4.90 Å². The summed E-state index contributed by atoms with van der Waals surface area (Å²) >= 11 is 15.6. The van der Waals surface area contributed by atoms with Crippen molar-refractivity contribution in [2.24, 2.45) is 0 Å². The van der Waals surface area contributed by atoms with Gasteiger partial charge in [0.15, 0.2) is 0 Å². The summed E-state index contributed by atoms with van der Waals surface area (Å²) in [5.41, 5.74) is 1.93. The summed E-state index contributed by atoms with van der Waals surface area (Å²) in [6, 6.07) is 21.3. The molecule has 4 aromatic rings. The number of nitrogens with zero attached hydrogens (tertiary/aromatic N) is 2. The van der Waals surface area contributed by atoms with Gasteiger partial charge in [0.05, 0.1) is 15.1 Å². The van der Waals surface area contributed by atoms with E-state index in [0.717, 1.165) is 16.0 Å². The van der Waals surface area contributed by atoms with Gasteiger partial charge in [-0.1, -0.05) is 35.3 Å². The molecular formula is C31H20BrCl2N3O7. The lowest BCUT2D eigenvalue weighted by atomic mass is 10.1. The number of benzene rings is 4. The third-order valence-electron chi connectivity index (χ3n) is 6.41. The van der Waals surface area contributed by atoms with E-state index < -0.39 is 22.8 Å². The van der Waals surface area contributed by atoms with Crippen LogP contribution >= 0.6 is 39.1 Å².